The van der Waals surface area contributed by atoms with Crippen LogP contribution < -0.4 is 15.4 Å². The molecule has 6 nitrogen and oxygen atoms in total. The summed E-state index contributed by atoms with van der Waals surface area (Å²) < 4.78 is 5.36. The summed E-state index contributed by atoms with van der Waals surface area (Å²) in [4.78, 5) is 25.2. The zero-order valence-corrected chi connectivity index (χ0v) is 13.5. The maximum atomic E-state index is 12.2. The van der Waals surface area contributed by atoms with Crippen LogP contribution in [0.15, 0.2) is 24.3 Å². The van der Waals surface area contributed by atoms with Crippen molar-refractivity contribution in [1.82, 2.24) is 10.2 Å². The molecule has 0 spiro atoms. The van der Waals surface area contributed by atoms with E-state index in [1.165, 1.54) is 0 Å². The van der Waals surface area contributed by atoms with Crippen LogP contribution in [0.3, 0.4) is 0 Å². The lowest BCUT2D eigenvalue weighted by Gasteiger charge is -2.22. The number of carbonyl (C=O) groups excluding carboxylic acids is 2. The Balaban J connectivity index is 2.64. The number of carbonyl (C=O) groups is 2. The van der Waals surface area contributed by atoms with Crippen LogP contribution in [0.5, 0.6) is 5.75 Å². The van der Waals surface area contributed by atoms with Crippen molar-refractivity contribution in [2.45, 2.75) is 26.7 Å². The number of ether oxygens (including phenoxy) is 1. The number of hydrogen-bond acceptors (Lipinski definition) is 3. The molecule has 1 rings (SSSR count). The van der Waals surface area contributed by atoms with E-state index in [1.807, 2.05) is 13.8 Å². The van der Waals surface area contributed by atoms with Crippen molar-refractivity contribution >= 4 is 17.6 Å². The highest BCUT2D eigenvalue weighted by atomic mass is 16.5. The average Bonchev–Trinajstić information content (AvgIpc) is 2.52. The van der Waals surface area contributed by atoms with E-state index in [4.69, 9.17) is 4.74 Å². The Morgan fingerprint density at radius 1 is 1.18 bits per heavy atom. The van der Waals surface area contributed by atoms with Gasteiger partial charge in [0.2, 0.25) is 0 Å². The first-order valence-corrected chi connectivity index (χ1v) is 7.60. The van der Waals surface area contributed by atoms with Gasteiger partial charge in [-0.15, -0.1) is 0 Å². The largest absolute Gasteiger partial charge is 0.484 e. The summed E-state index contributed by atoms with van der Waals surface area (Å²) in [6.07, 6.45) is 1.84. The van der Waals surface area contributed by atoms with E-state index < -0.39 is 0 Å². The van der Waals surface area contributed by atoms with Crippen molar-refractivity contribution in [1.29, 1.82) is 0 Å². The number of amides is 3. The minimum absolute atomic E-state index is 0.0499. The van der Waals surface area contributed by atoms with Gasteiger partial charge in [0.05, 0.1) is 0 Å². The van der Waals surface area contributed by atoms with Crippen LogP contribution in [0.1, 0.15) is 26.7 Å². The predicted octanol–water partition coefficient (Wildman–Crippen LogP) is 2.47. The van der Waals surface area contributed by atoms with Crippen LogP contribution in [0, 0.1) is 0 Å². The van der Waals surface area contributed by atoms with Gasteiger partial charge in [-0.2, -0.15) is 0 Å². The number of anilines is 1. The molecule has 0 radical (unpaired) electrons. The van der Waals surface area contributed by atoms with Gasteiger partial charge in [-0.25, -0.2) is 4.79 Å². The third-order valence-corrected chi connectivity index (χ3v) is 3.01. The van der Waals surface area contributed by atoms with Crippen molar-refractivity contribution in [3.63, 3.8) is 0 Å². The molecule has 0 saturated heterocycles. The molecule has 22 heavy (non-hydrogen) atoms. The fourth-order valence-electron chi connectivity index (χ4n) is 1.94. The molecule has 0 aliphatic heterocycles. The maximum Gasteiger partial charge on any atom is 0.321 e. The fraction of sp³-hybridized carbons (Fsp3) is 0.500. The third-order valence-electron chi connectivity index (χ3n) is 3.01. The van der Waals surface area contributed by atoms with Crippen LogP contribution in [-0.4, -0.2) is 43.6 Å². The van der Waals surface area contributed by atoms with Gasteiger partial charge >= 0.3 is 6.03 Å². The molecule has 0 heterocycles. The molecule has 1 aromatic carbocycles. The number of benzene rings is 1. The lowest BCUT2D eigenvalue weighted by Crippen LogP contribution is -2.36. The van der Waals surface area contributed by atoms with Gasteiger partial charge in [-0.05, 0) is 25.0 Å². The molecule has 3 amide bonds. The summed E-state index contributed by atoms with van der Waals surface area (Å²) >= 11 is 0. The standard InChI is InChI=1S/C16H25N3O3/c1-4-9-19(10-5-2)16(21)18-13-7-6-8-14(11-13)22-12-15(20)17-3/h6-8,11H,4-5,9-10,12H2,1-3H3,(H,17,20)(H,18,21). The molecule has 0 aromatic heterocycles. The van der Waals surface area contributed by atoms with E-state index in [0.717, 1.165) is 25.9 Å². The number of hydrogen-bond donors (Lipinski definition) is 2. The molecule has 0 unspecified atom stereocenters. The van der Waals surface area contributed by atoms with Crippen LogP contribution >= 0.6 is 0 Å². The zero-order valence-electron chi connectivity index (χ0n) is 13.5. The smallest absolute Gasteiger partial charge is 0.321 e. The van der Waals surface area contributed by atoms with Gasteiger partial charge in [0.1, 0.15) is 5.75 Å². The first-order chi connectivity index (χ1) is 10.6. The first kappa shape index (κ1) is 17.8. The van der Waals surface area contributed by atoms with Crippen LogP contribution in [0.4, 0.5) is 10.5 Å². The SMILES string of the molecule is CCCN(CCC)C(=O)Nc1cccc(OCC(=O)NC)c1. The Kier molecular flexibility index (Phi) is 7.81. The fourth-order valence-corrected chi connectivity index (χ4v) is 1.94. The molecule has 0 fully saturated rings. The van der Waals surface area contributed by atoms with E-state index in [9.17, 15) is 9.59 Å². The first-order valence-electron chi connectivity index (χ1n) is 7.60. The zero-order chi connectivity index (χ0) is 16.4. The Labute approximate surface area is 131 Å². The van der Waals surface area contributed by atoms with Gasteiger partial charge < -0.3 is 20.3 Å². The maximum absolute atomic E-state index is 12.2. The van der Waals surface area contributed by atoms with Crippen LogP contribution in [-0.2, 0) is 4.79 Å². The summed E-state index contributed by atoms with van der Waals surface area (Å²) in [5.74, 6) is 0.338. The van der Waals surface area contributed by atoms with E-state index in [-0.39, 0.29) is 18.5 Å². The second-order valence-electron chi connectivity index (χ2n) is 4.91. The van der Waals surface area contributed by atoms with E-state index in [1.54, 1.807) is 36.2 Å². The Bertz CT molecular complexity index is 485. The van der Waals surface area contributed by atoms with Gasteiger partial charge in [-0.3, -0.25) is 4.79 Å². The number of urea groups is 1. The molecule has 1 aromatic rings. The number of rotatable bonds is 8. The Morgan fingerprint density at radius 3 is 2.45 bits per heavy atom. The molecule has 6 heteroatoms. The van der Waals surface area contributed by atoms with Crippen molar-refractivity contribution < 1.29 is 14.3 Å². The Morgan fingerprint density at radius 2 is 1.86 bits per heavy atom. The summed E-state index contributed by atoms with van der Waals surface area (Å²) in [5, 5.41) is 5.34. The molecule has 2 N–H and O–H groups in total. The van der Waals surface area contributed by atoms with Gasteiger partial charge in [-0.1, -0.05) is 19.9 Å². The van der Waals surface area contributed by atoms with Crippen molar-refractivity contribution in [2.75, 3.05) is 32.1 Å². The number of nitrogens with one attached hydrogen (secondary N) is 2. The highest BCUT2D eigenvalue weighted by molar-refractivity contribution is 5.89. The summed E-state index contributed by atoms with van der Waals surface area (Å²) in [6.45, 7) is 5.50. The molecular weight excluding hydrogens is 282 g/mol. The van der Waals surface area contributed by atoms with Crippen LogP contribution in [0.2, 0.25) is 0 Å². The van der Waals surface area contributed by atoms with Gasteiger partial charge in [0.25, 0.3) is 5.91 Å². The lowest BCUT2D eigenvalue weighted by molar-refractivity contribution is -0.122. The van der Waals surface area contributed by atoms with Crippen LogP contribution in [0.25, 0.3) is 0 Å². The summed E-state index contributed by atoms with van der Waals surface area (Å²) in [5.41, 5.74) is 0.650. The normalized spacial score (nSPS) is 9.95. The van der Waals surface area contributed by atoms with Crippen molar-refractivity contribution in [3.05, 3.63) is 24.3 Å². The topological polar surface area (TPSA) is 70.7 Å². The molecule has 0 atom stereocenters. The van der Waals surface area contributed by atoms with Crippen molar-refractivity contribution in [3.8, 4) is 5.75 Å². The molecule has 122 valence electrons. The summed E-state index contributed by atoms with van der Waals surface area (Å²) in [7, 11) is 1.55. The minimum atomic E-state index is -0.202. The minimum Gasteiger partial charge on any atom is -0.484 e. The van der Waals surface area contributed by atoms with E-state index in [0.29, 0.717) is 11.4 Å². The lowest BCUT2D eigenvalue weighted by atomic mass is 10.3. The number of likely N-dealkylation sites (N-methyl/N-ethyl adjacent to an activating group) is 1. The van der Waals surface area contributed by atoms with Crippen molar-refractivity contribution in [2.24, 2.45) is 0 Å². The highest BCUT2D eigenvalue weighted by Crippen LogP contribution is 2.17. The summed E-state index contributed by atoms with van der Waals surface area (Å²) in [6, 6.07) is 6.90. The molecular formula is C16H25N3O3. The number of nitrogens with zero attached hydrogens (tertiary/aromatic N) is 1. The molecule has 0 bridgehead atoms. The van der Waals surface area contributed by atoms with Gasteiger partial charge in [0, 0.05) is 31.9 Å². The monoisotopic (exact) mass is 307 g/mol. The van der Waals surface area contributed by atoms with Gasteiger partial charge in [0.15, 0.2) is 6.61 Å². The molecule has 0 aliphatic carbocycles. The van der Waals surface area contributed by atoms with E-state index >= 15 is 0 Å². The second kappa shape index (κ2) is 9.65. The highest BCUT2D eigenvalue weighted by Gasteiger charge is 2.12. The second-order valence-corrected chi connectivity index (χ2v) is 4.91. The average molecular weight is 307 g/mol. The quantitative estimate of drug-likeness (QED) is 0.775. The van der Waals surface area contributed by atoms with E-state index in [2.05, 4.69) is 10.6 Å². The predicted molar refractivity (Wildman–Crippen MR) is 87.2 cm³/mol. The molecule has 0 aliphatic rings. The Hall–Kier alpha value is -2.24. The third kappa shape index (κ3) is 6.03. The molecule has 0 saturated carbocycles.